The predicted molar refractivity (Wildman–Crippen MR) is 78.0 cm³/mol. The average molecular weight is 292 g/mol. The van der Waals surface area contributed by atoms with Gasteiger partial charge >= 0.3 is 5.69 Å². The summed E-state index contributed by atoms with van der Waals surface area (Å²) in [6, 6.07) is 1.21. The van der Waals surface area contributed by atoms with Gasteiger partial charge < -0.3 is 5.32 Å². The van der Waals surface area contributed by atoms with E-state index in [-0.39, 0.29) is 5.91 Å². The zero-order valence-corrected chi connectivity index (χ0v) is 12.4. The second kappa shape index (κ2) is 5.96. The first-order valence-corrected chi connectivity index (χ1v) is 7.18. The van der Waals surface area contributed by atoms with Gasteiger partial charge in [-0.2, -0.15) is 4.98 Å². The Morgan fingerprint density at radius 1 is 1.50 bits per heavy atom. The highest BCUT2D eigenvalue weighted by atomic mass is 32.1. The number of nitrogens with zero attached hydrogens (tertiary/aromatic N) is 3. The number of carbonyl (C=O) groups excluding carboxylic acids is 1. The molecule has 2 rings (SSSR count). The highest BCUT2D eigenvalue weighted by molar-refractivity contribution is 7.13. The summed E-state index contributed by atoms with van der Waals surface area (Å²) >= 11 is 1.34. The lowest BCUT2D eigenvalue weighted by Crippen LogP contribution is -2.35. The number of aromatic nitrogens is 3. The smallest absolute Gasteiger partial charge is 0.300 e. The summed E-state index contributed by atoms with van der Waals surface area (Å²) in [5, 5.41) is 5.03. The van der Waals surface area contributed by atoms with Crippen LogP contribution < -0.4 is 11.0 Å². The Morgan fingerprint density at radius 3 is 2.80 bits per heavy atom. The van der Waals surface area contributed by atoms with Crippen LogP contribution in [0.1, 0.15) is 30.8 Å². The molecule has 1 unspecified atom stereocenters. The normalized spacial score (nSPS) is 12.2. The van der Waals surface area contributed by atoms with Crippen LogP contribution in [0.15, 0.2) is 22.4 Å². The minimum atomic E-state index is -0.584. The largest absolute Gasteiger partial charge is 0.348 e. The number of thiazole rings is 1. The Kier molecular flexibility index (Phi) is 4.29. The predicted octanol–water partition coefficient (Wildman–Crippen LogP) is 1.91. The van der Waals surface area contributed by atoms with Crippen LogP contribution in [0.4, 0.5) is 5.13 Å². The van der Waals surface area contributed by atoms with Gasteiger partial charge in [0.15, 0.2) is 5.13 Å². The Morgan fingerprint density at radius 2 is 2.25 bits per heavy atom. The van der Waals surface area contributed by atoms with Gasteiger partial charge in [0.2, 0.25) is 5.91 Å². The molecule has 1 N–H and O–H groups in total. The molecule has 0 aliphatic heterocycles. The molecule has 0 saturated heterocycles. The standard InChI is InChI=1S/C13H16N4O2S/c1-4-10(11(18)16-12-14-5-6-20-12)17-9(3)7-8(2)15-13(17)19/h5-7,10H,4H2,1-3H3,(H,14,16,18). The molecule has 2 aromatic heterocycles. The highest BCUT2D eigenvalue weighted by Crippen LogP contribution is 2.17. The third kappa shape index (κ3) is 2.93. The van der Waals surface area contributed by atoms with Crippen molar-refractivity contribution in [3.05, 3.63) is 39.5 Å². The van der Waals surface area contributed by atoms with E-state index in [1.165, 1.54) is 15.9 Å². The third-order valence-electron chi connectivity index (χ3n) is 2.94. The fourth-order valence-electron chi connectivity index (χ4n) is 2.10. The summed E-state index contributed by atoms with van der Waals surface area (Å²) in [5.74, 6) is -0.252. The zero-order valence-electron chi connectivity index (χ0n) is 11.6. The summed E-state index contributed by atoms with van der Waals surface area (Å²) in [4.78, 5) is 32.2. The molecule has 20 heavy (non-hydrogen) atoms. The van der Waals surface area contributed by atoms with Gasteiger partial charge in [0.05, 0.1) is 0 Å². The molecule has 0 bridgehead atoms. The maximum absolute atomic E-state index is 12.3. The van der Waals surface area contributed by atoms with Crippen molar-refractivity contribution in [1.82, 2.24) is 14.5 Å². The van der Waals surface area contributed by atoms with Crippen molar-refractivity contribution in [3.8, 4) is 0 Å². The average Bonchev–Trinajstić information content (AvgIpc) is 2.86. The lowest BCUT2D eigenvalue weighted by molar-refractivity contribution is -0.119. The van der Waals surface area contributed by atoms with Crippen LogP contribution >= 0.6 is 11.3 Å². The summed E-state index contributed by atoms with van der Waals surface area (Å²) in [6.07, 6.45) is 2.12. The molecular formula is C13H16N4O2S. The van der Waals surface area contributed by atoms with Crippen LogP contribution in [0.5, 0.6) is 0 Å². The van der Waals surface area contributed by atoms with E-state index in [1.807, 2.05) is 6.92 Å². The number of aryl methyl sites for hydroxylation is 2. The second-order valence-electron chi connectivity index (χ2n) is 4.44. The molecule has 0 spiro atoms. The Bertz CT molecular complexity index is 664. The molecule has 0 aliphatic carbocycles. The van der Waals surface area contributed by atoms with Crippen LogP contribution in [0.3, 0.4) is 0 Å². The van der Waals surface area contributed by atoms with Crippen molar-refractivity contribution < 1.29 is 4.79 Å². The first kappa shape index (κ1) is 14.4. The molecule has 7 heteroatoms. The molecular weight excluding hydrogens is 276 g/mol. The van der Waals surface area contributed by atoms with E-state index in [0.29, 0.717) is 17.2 Å². The minimum absolute atomic E-state index is 0.252. The number of amides is 1. The van der Waals surface area contributed by atoms with Gasteiger partial charge in [-0.25, -0.2) is 9.78 Å². The molecule has 2 aromatic rings. The molecule has 0 aromatic carbocycles. The van der Waals surface area contributed by atoms with E-state index in [0.717, 1.165) is 5.69 Å². The van der Waals surface area contributed by atoms with Crippen LogP contribution in [0.2, 0.25) is 0 Å². The molecule has 0 fully saturated rings. The summed E-state index contributed by atoms with van der Waals surface area (Å²) < 4.78 is 1.43. The fraction of sp³-hybridized carbons (Fsp3) is 0.385. The Labute approximate surface area is 120 Å². The zero-order chi connectivity index (χ0) is 14.7. The topological polar surface area (TPSA) is 76.9 Å². The van der Waals surface area contributed by atoms with Gasteiger partial charge in [-0.15, -0.1) is 11.3 Å². The van der Waals surface area contributed by atoms with Crippen molar-refractivity contribution in [2.75, 3.05) is 5.32 Å². The maximum atomic E-state index is 12.3. The first-order chi connectivity index (χ1) is 9.52. The second-order valence-corrected chi connectivity index (χ2v) is 5.34. The Hall–Kier alpha value is -2.02. The van der Waals surface area contributed by atoms with Crippen LogP contribution in [-0.4, -0.2) is 20.4 Å². The molecule has 1 atom stereocenters. The lowest BCUT2D eigenvalue weighted by Gasteiger charge is -2.19. The van der Waals surface area contributed by atoms with Crippen molar-refractivity contribution >= 4 is 22.4 Å². The quantitative estimate of drug-likeness (QED) is 0.933. The number of nitrogens with one attached hydrogen (secondary N) is 1. The third-order valence-corrected chi connectivity index (χ3v) is 3.63. The van der Waals surface area contributed by atoms with E-state index in [4.69, 9.17) is 0 Å². The summed E-state index contributed by atoms with van der Waals surface area (Å²) in [7, 11) is 0. The highest BCUT2D eigenvalue weighted by Gasteiger charge is 2.22. The van der Waals surface area contributed by atoms with Gasteiger partial charge in [-0.05, 0) is 26.3 Å². The first-order valence-electron chi connectivity index (χ1n) is 6.30. The van der Waals surface area contributed by atoms with E-state index in [9.17, 15) is 9.59 Å². The maximum Gasteiger partial charge on any atom is 0.348 e. The SMILES string of the molecule is CCC(C(=O)Nc1nccs1)n1c(C)cc(C)nc1=O. The van der Waals surface area contributed by atoms with Gasteiger partial charge in [0, 0.05) is 23.0 Å². The lowest BCUT2D eigenvalue weighted by atomic mass is 10.2. The number of hydrogen-bond donors (Lipinski definition) is 1. The summed E-state index contributed by atoms with van der Waals surface area (Å²) in [5.41, 5.74) is 0.978. The fourth-order valence-corrected chi connectivity index (χ4v) is 2.63. The van der Waals surface area contributed by atoms with E-state index >= 15 is 0 Å². The number of rotatable bonds is 4. The van der Waals surface area contributed by atoms with Crippen molar-refractivity contribution in [3.63, 3.8) is 0 Å². The monoisotopic (exact) mass is 292 g/mol. The molecule has 0 aliphatic rings. The molecule has 0 saturated carbocycles. The van der Waals surface area contributed by atoms with Crippen LogP contribution in [-0.2, 0) is 4.79 Å². The molecule has 2 heterocycles. The molecule has 106 valence electrons. The molecule has 0 radical (unpaired) electrons. The van der Waals surface area contributed by atoms with Gasteiger partial charge in [-0.1, -0.05) is 6.92 Å². The van der Waals surface area contributed by atoms with E-state index < -0.39 is 11.7 Å². The number of carbonyl (C=O) groups is 1. The number of hydrogen-bond acceptors (Lipinski definition) is 5. The van der Waals surface area contributed by atoms with Gasteiger partial charge in [0.1, 0.15) is 6.04 Å². The van der Waals surface area contributed by atoms with E-state index in [1.54, 1.807) is 31.5 Å². The van der Waals surface area contributed by atoms with Crippen LogP contribution in [0.25, 0.3) is 0 Å². The number of anilines is 1. The molecule has 6 nitrogen and oxygen atoms in total. The van der Waals surface area contributed by atoms with Gasteiger partial charge in [0.25, 0.3) is 0 Å². The van der Waals surface area contributed by atoms with Crippen molar-refractivity contribution in [2.24, 2.45) is 0 Å². The van der Waals surface area contributed by atoms with Crippen molar-refractivity contribution in [2.45, 2.75) is 33.2 Å². The van der Waals surface area contributed by atoms with Crippen molar-refractivity contribution in [1.29, 1.82) is 0 Å². The van der Waals surface area contributed by atoms with E-state index in [2.05, 4.69) is 15.3 Å². The Balaban J connectivity index is 2.33. The van der Waals surface area contributed by atoms with Crippen LogP contribution in [0, 0.1) is 13.8 Å². The van der Waals surface area contributed by atoms with Gasteiger partial charge in [-0.3, -0.25) is 9.36 Å². The summed E-state index contributed by atoms with van der Waals surface area (Å²) in [6.45, 7) is 5.42. The molecule has 1 amide bonds. The minimum Gasteiger partial charge on any atom is -0.300 e.